The smallest absolute Gasteiger partial charge is 0.231 e. The zero-order valence-electron chi connectivity index (χ0n) is 14.0. The molecule has 2 aliphatic heterocycles. The number of benzene rings is 1. The molecule has 0 atom stereocenters. The fourth-order valence-electron chi connectivity index (χ4n) is 3.44. The molecule has 0 amide bonds. The van der Waals surface area contributed by atoms with E-state index in [0.29, 0.717) is 18.6 Å². The summed E-state index contributed by atoms with van der Waals surface area (Å²) in [6.45, 7) is 5.63. The third-order valence-electron chi connectivity index (χ3n) is 4.78. The van der Waals surface area contributed by atoms with Crippen molar-refractivity contribution in [1.29, 1.82) is 0 Å². The summed E-state index contributed by atoms with van der Waals surface area (Å²) in [4.78, 5) is 11.1. The summed E-state index contributed by atoms with van der Waals surface area (Å²) in [6, 6.07) is 7.70. The first-order valence-electron chi connectivity index (χ1n) is 8.23. The Kier molecular flexibility index (Phi) is 3.57. The van der Waals surface area contributed by atoms with E-state index >= 15 is 0 Å². The fourth-order valence-corrected chi connectivity index (χ4v) is 3.44. The van der Waals surface area contributed by atoms with Crippen LogP contribution < -0.4 is 14.4 Å². The second kappa shape index (κ2) is 5.63. The molecule has 2 aromatic rings. The molecular formula is C18H21N3O3. The van der Waals surface area contributed by atoms with Crippen LogP contribution in [0, 0.1) is 13.8 Å². The average molecular weight is 327 g/mol. The van der Waals surface area contributed by atoms with Crippen molar-refractivity contribution in [1.82, 2.24) is 9.97 Å². The van der Waals surface area contributed by atoms with Crippen molar-refractivity contribution in [3.63, 3.8) is 0 Å². The van der Waals surface area contributed by atoms with E-state index < -0.39 is 5.60 Å². The number of piperidine rings is 1. The molecule has 0 spiro atoms. The number of aryl methyl sites for hydroxylation is 2. The highest BCUT2D eigenvalue weighted by Crippen LogP contribution is 2.40. The second-order valence-corrected chi connectivity index (χ2v) is 6.50. The Hall–Kier alpha value is -2.34. The van der Waals surface area contributed by atoms with Crippen LogP contribution in [0.1, 0.15) is 29.9 Å². The van der Waals surface area contributed by atoms with Crippen molar-refractivity contribution in [3.8, 4) is 11.5 Å². The Morgan fingerprint density at radius 1 is 1.04 bits per heavy atom. The Labute approximate surface area is 141 Å². The Morgan fingerprint density at radius 2 is 1.79 bits per heavy atom. The average Bonchev–Trinajstić information content (AvgIpc) is 3.02. The van der Waals surface area contributed by atoms with Gasteiger partial charge < -0.3 is 19.5 Å². The maximum absolute atomic E-state index is 11.1. The SMILES string of the molecule is Cc1cc(N2CCC(O)(c3ccc4c(c3)OCO4)CC2)nc(C)n1. The predicted octanol–water partition coefficient (Wildman–Crippen LogP) is 2.31. The quantitative estimate of drug-likeness (QED) is 0.913. The van der Waals surface area contributed by atoms with Crippen LogP contribution in [-0.4, -0.2) is 35.0 Å². The van der Waals surface area contributed by atoms with Crippen molar-refractivity contribution in [2.24, 2.45) is 0 Å². The van der Waals surface area contributed by atoms with Crippen LogP contribution >= 0.6 is 0 Å². The number of hydrogen-bond acceptors (Lipinski definition) is 6. The van der Waals surface area contributed by atoms with Crippen LogP contribution in [0.2, 0.25) is 0 Å². The van der Waals surface area contributed by atoms with Crippen LogP contribution in [0.4, 0.5) is 5.82 Å². The van der Waals surface area contributed by atoms with E-state index in [1.54, 1.807) is 0 Å². The summed E-state index contributed by atoms with van der Waals surface area (Å²) in [5.41, 5.74) is 1.02. The van der Waals surface area contributed by atoms with Crippen LogP contribution in [0.25, 0.3) is 0 Å². The topological polar surface area (TPSA) is 67.7 Å². The summed E-state index contributed by atoms with van der Waals surface area (Å²) in [6.07, 6.45) is 1.30. The summed E-state index contributed by atoms with van der Waals surface area (Å²) >= 11 is 0. The summed E-state index contributed by atoms with van der Waals surface area (Å²) in [5.74, 6) is 3.17. The zero-order valence-corrected chi connectivity index (χ0v) is 14.0. The second-order valence-electron chi connectivity index (χ2n) is 6.50. The van der Waals surface area contributed by atoms with E-state index in [0.717, 1.165) is 41.7 Å². The van der Waals surface area contributed by atoms with Crippen molar-refractivity contribution >= 4 is 5.82 Å². The number of aliphatic hydroxyl groups is 1. The van der Waals surface area contributed by atoms with E-state index in [9.17, 15) is 5.11 Å². The number of aromatic nitrogens is 2. The summed E-state index contributed by atoms with van der Waals surface area (Å²) < 4.78 is 10.8. The monoisotopic (exact) mass is 327 g/mol. The highest BCUT2D eigenvalue weighted by molar-refractivity contribution is 5.47. The van der Waals surface area contributed by atoms with Gasteiger partial charge in [0.15, 0.2) is 11.5 Å². The Balaban J connectivity index is 1.52. The number of fused-ring (bicyclic) bond motifs is 1. The van der Waals surface area contributed by atoms with Gasteiger partial charge in [0.25, 0.3) is 0 Å². The minimum Gasteiger partial charge on any atom is -0.454 e. The van der Waals surface area contributed by atoms with Gasteiger partial charge in [0.2, 0.25) is 6.79 Å². The van der Waals surface area contributed by atoms with E-state index in [4.69, 9.17) is 9.47 Å². The van der Waals surface area contributed by atoms with Crippen LogP contribution in [0.3, 0.4) is 0 Å². The lowest BCUT2D eigenvalue weighted by Crippen LogP contribution is -2.43. The highest BCUT2D eigenvalue weighted by atomic mass is 16.7. The number of hydrogen-bond donors (Lipinski definition) is 1. The van der Waals surface area contributed by atoms with Crippen molar-refractivity contribution in [3.05, 3.63) is 41.3 Å². The first kappa shape index (κ1) is 15.2. The minimum atomic E-state index is -0.839. The predicted molar refractivity (Wildman–Crippen MR) is 89.4 cm³/mol. The van der Waals surface area contributed by atoms with Gasteiger partial charge in [0.05, 0.1) is 5.60 Å². The lowest BCUT2D eigenvalue weighted by atomic mass is 9.84. The fraction of sp³-hybridized carbons (Fsp3) is 0.444. The number of rotatable bonds is 2. The highest BCUT2D eigenvalue weighted by Gasteiger charge is 2.35. The van der Waals surface area contributed by atoms with Gasteiger partial charge in [-0.05, 0) is 44.4 Å². The molecule has 0 unspecified atom stereocenters. The molecule has 3 heterocycles. The Bertz CT molecular complexity index is 750. The normalized spacial score (nSPS) is 18.7. The molecule has 1 aromatic carbocycles. The lowest BCUT2D eigenvalue weighted by molar-refractivity contribution is 0.0115. The molecule has 0 bridgehead atoms. The van der Waals surface area contributed by atoms with Gasteiger partial charge >= 0.3 is 0 Å². The number of anilines is 1. The molecule has 1 fully saturated rings. The molecular weight excluding hydrogens is 306 g/mol. The third kappa shape index (κ3) is 2.67. The molecule has 6 heteroatoms. The molecule has 24 heavy (non-hydrogen) atoms. The zero-order chi connectivity index (χ0) is 16.7. The number of nitrogens with zero attached hydrogens (tertiary/aromatic N) is 3. The third-order valence-corrected chi connectivity index (χ3v) is 4.78. The molecule has 4 rings (SSSR count). The molecule has 0 radical (unpaired) electrons. The van der Waals surface area contributed by atoms with Gasteiger partial charge in [-0.15, -0.1) is 0 Å². The maximum Gasteiger partial charge on any atom is 0.231 e. The van der Waals surface area contributed by atoms with E-state index in [1.165, 1.54) is 0 Å². The first-order valence-corrected chi connectivity index (χ1v) is 8.23. The molecule has 2 aliphatic rings. The van der Waals surface area contributed by atoms with Crippen molar-refractivity contribution in [2.45, 2.75) is 32.3 Å². The van der Waals surface area contributed by atoms with Gasteiger partial charge in [-0.25, -0.2) is 9.97 Å². The van der Waals surface area contributed by atoms with Gasteiger partial charge in [-0.3, -0.25) is 0 Å². The van der Waals surface area contributed by atoms with Gasteiger partial charge in [0.1, 0.15) is 11.6 Å². The van der Waals surface area contributed by atoms with Crippen LogP contribution in [0.15, 0.2) is 24.3 Å². The standard InChI is InChI=1S/C18H21N3O3/c1-12-9-17(20-13(2)19-12)21-7-5-18(22,6-8-21)14-3-4-15-16(10-14)24-11-23-15/h3-4,9-10,22H,5-8,11H2,1-2H3. The van der Waals surface area contributed by atoms with Crippen molar-refractivity contribution < 1.29 is 14.6 Å². The Morgan fingerprint density at radius 3 is 2.54 bits per heavy atom. The maximum atomic E-state index is 11.1. The summed E-state index contributed by atoms with van der Waals surface area (Å²) in [7, 11) is 0. The molecule has 6 nitrogen and oxygen atoms in total. The molecule has 0 aliphatic carbocycles. The molecule has 1 aromatic heterocycles. The van der Waals surface area contributed by atoms with Crippen LogP contribution in [-0.2, 0) is 5.60 Å². The van der Waals surface area contributed by atoms with Gasteiger partial charge in [-0.2, -0.15) is 0 Å². The molecule has 1 N–H and O–H groups in total. The summed E-state index contributed by atoms with van der Waals surface area (Å²) in [5, 5.41) is 11.1. The van der Waals surface area contributed by atoms with E-state index in [-0.39, 0.29) is 6.79 Å². The van der Waals surface area contributed by atoms with E-state index in [2.05, 4.69) is 14.9 Å². The lowest BCUT2D eigenvalue weighted by Gasteiger charge is -2.39. The largest absolute Gasteiger partial charge is 0.454 e. The first-order chi connectivity index (χ1) is 11.5. The number of ether oxygens (including phenoxy) is 2. The molecule has 126 valence electrons. The van der Waals surface area contributed by atoms with Gasteiger partial charge in [0, 0.05) is 24.8 Å². The molecule has 0 saturated carbocycles. The van der Waals surface area contributed by atoms with Gasteiger partial charge in [-0.1, -0.05) is 6.07 Å². The van der Waals surface area contributed by atoms with Crippen molar-refractivity contribution in [2.75, 3.05) is 24.8 Å². The van der Waals surface area contributed by atoms with E-state index in [1.807, 2.05) is 38.1 Å². The minimum absolute atomic E-state index is 0.247. The molecule has 1 saturated heterocycles. The van der Waals surface area contributed by atoms with Crippen LogP contribution in [0.5, 0.6) is 11.5 Å².